The van der Waals surface area contributed by atoms with Crippen LogP contribution in [0, 0.1) is 0 Å². The predicted molar refractivity (Wildman–Crippen MR) is 171 cm³/mol. The number of carbonyl (C=O) groups excluding carboxylic acids is 1. The molecule has 1 aliphatic rings. The molecule has 1 fully saturated rings. The molecule has 0 bridgehead atoms. The van der Waals surface area contributed by atoms with Crippen LogP contribution in [-0.4, -0.2) is 22.3 Å². The van der Waals surface area contributed by atoms with Crippen LogP contribution in [0.25, 0.3) is 28.6 Å². The molecule has 0 saturated heterocycles. The van der Waals surface area contributed by atoms with E-state index < -0.39 is 0 Å². The highest BCUT2D eigenvalue weighted by Crippen LogP contribution is 2.46. The number of halogens is 1. The Bertz CT molecular complexity index is 1570. The number of hydrogen-bond acceptors (Lipinski definition) is 4. The van der Waals surface area contributed by atoms with Crippen molar-refractivity contribution in [1.82, 2.24) is 4.98 Å². The summed E-state index contributed by atoms with van der Waals surface area (Å²) in [5.74, 6) is 0.616. The van der Waals surface area contributed by atoms with Crippen LogP contribution in [0.2, 0.25) is 5.02 Å². The molecule has 0 unspecified atom stereocenters. The number of hydrogen-bond donors (Lipinski definition) is 0. The van der Waals surface area contributed by atoms with E-state index in [1.807, 2.05) is 42.1 Å². The van der Waals surface area contributed by atoms with Crippen LogP contribution >= 0.6 is 23.4 Å². The summed E-state index contributed by atoms with van der Waals surface area (Å²) in [5, 5.41) is 2.02. The van der Waals surface area contributed by atoms with Crippen molar-refractivity contribution in [3.8, 4) is 0 Å². The van der Waals surface area contributed by atoms with Crippen LogP contribution in [0.4, 0.5) is 0 Å². The molecule has 0 spiro atoms. The molecule has 3 aromatic carbocycles. The Labute approximate surface area is 246 Å². The maximum absolute atomic E-state index is 11.7. The molecule has 1 aromatic heterocycles. The maximum Gasteiger partial charge on any atom is 0.303 e. The zero-order valence-corrected chi connectivity index (χ0v) is 24.6. The highest BCUT2D eigenvalue weighted by atomic mass is 35.5. The average Bonchev–Trinajstić information content (AvgIpc) is 3.70. The minimum atomic E-state index is -0.299. The molecule has 4 aromatic rings. The molecule has 204 valence electrons. The van der Waals surface area contributed by atoms with E-state index in [1.54, 1.807) is 0 Å². The number of ether oxygens (including phenoxy) is 1. The molecule has 0 aliphatic heterocycles. The first kappa shape index (κ1) is 28.2. The number of allylic oxidation sites excluding steroid dienone is 1. The Hall–Kier alpha value is -3.34. The van der Waals surface area contributed by atoms with Gasteiger partial charge in [0.15, 0.2) is 0 Å². The van der Waals surface area contributed by atoms with Crippen LogP contribution in [0.15, 0.2) is 85.4 Å². The van der Waals surface area contributed by atoms with Crippen LogP contribution in [-0.2, 0) is 16.0 Å². The summed E-state index contributed by atoms with van der Waals surface area (Å²) in [7, 11) is 0. The smallest absolute Gasteiger partial charge is 0.303 e. The van der Waals surface area contributed by atoms with Gasteiger partial charge in [-0.1, -0.05) is 90.5 Å². The molecular weight excluding hydrogens is 534 g/mol. The molecule has 40 heavy (non-hydrogen) atoms. The Morgan fingerprint density at radius 1 is 1.05 bits per heavy atom. The number of rotatable bonds is 11. The highest BCUT2D eigenvalue weighted by Gasteiger charge is 2.46. The highest BCUT2D eigenvalue weighted by molar-refractivity contribution is 7.99. The fourth-order valence-electron chi connectivity index (χ4n) is 5.00. The molecule has 5 rings (SSSR count). The van der Waals surface area contributed by atoms with Gasteiger partial charge >= 0.3 is 5.97 Å². The zero-order chi connectivity index (χ0) is 28.1. The Morgan fingerprint density at radius 2 is 1.85 bits per heavy atom. The van der Waals surface area contributed by atoms with Gasteiger partial charge < -0.3 is 4.74 Å². The van der Waals surface area contributed by atoms with Gasteiger partial charge in [-0.3, -0.25) is 4.79 Å². The van der Waals surface area contributed by atoms with Crippen LogP contribution in [0.1, 0.15) is 66.3 Å². The summed E-state index contributed by atoms with van der Waals surface area (Å²) in [6.07, 6.45) is 7.97. The molecule has 0 radical (unpaired) electrons. The summed E-state index contributed by atoms with van der Waals surface area (Å²) in [4.78, 5) is 16.4. The van der Waals surface area contributed by atoms with Crippen molar-refractivity contribution < 1.29 is 9.53 Å². The lowest BCUT2D eigenvalue weighted by molar-refractivity contribution is -0.147. The average molecular weight is 568 g/mol. The van der Waals surface area contributed by atoms with Crippen molar-refractivity contribution in [2.75, 3.05) is 5.75 Å². The SMILES string of the molecule is C=C(C)c1ccccc1CC[C@@H](SCC1(OC(C)=O)CC1)c1cccc(/C=C/c2ccc3ccc(Cl)cc3n2)c1. The van der Waals surface area contributed by atoms with Gasteiger partial charge in [-0.2, -0.15) is 0 Å². The molecule has 0 N–H and O–H groups in total. The van der Waals surface area contributed by atoms with Gasteiger partial charge in [-0.25, -0.2) is 4.98 Å². The number of benzene rings is 3. The topological polar surface area (TPSA) is 39.2 Å². The van der Waals surface area contributed by atoms with E-state index in [0.717, 1.165) is 59.2 Å². The number of carbonyl (C=O) groups is 1. The fourth-order valence-corrected chi connectivity index (χ4v) is 6.65. The largest absolute Gasteiger partial charge is 0.458 e. The van der Waals surface area contributed by atoms with E-state index in [-0.39, 0.29) is 16.8 Å². The van der Waals surface area contributed by atoms with E-state index in [1.165, 1.54) is 23.6 Å². The van der Waals surface area contributed by atoms with Crippen molar-refractivity contribution in [3.05, 3.63) is 118 Å². The van der Waals surface area contributed by atoms with Crippen LogP contribution in [0.3, 0.4) is 0 Å². The number of fused-ring (bicyclic) bond motifs is 1. The Kier molecular flexibility index (Phi) is 8.78. The molecular formula is C35H34ClNO2S. The van der Waals surface area contributed by atoms with Gasteiger partial charge in [0.1, 0.15) is 5.60 Å². The van der Waals surface area contributed by atoms with E-state index >= 15 is 0 Å². The van der Waals surface area contributed by atoms with E-state index in [9.17, 15) is 4.79 Å². The summed E-state index contributed by atoms with van der Waals surface area (Å²) in [5.41, 5.74) is 7.51. The second kappa shape index (κ2) is 12.4. The quantitative estimate of drug-likeness (QED) is 0.169. The molecule has 0 amide bonds. The number of nitrogens with zero attached hydrogens (tertiary/aromatic N) is 1. The van der Waals surface area contributed by atoms with Crippen LogP contribution < -0.4 is 0 Å². The van der Waals surface area contributed by atoms with Gasteiger partial charge in [-0.05, 0) is 79.1 Å². The molecule has 5 heteroatoms. The van der Waals surface area contributed by atoms with E-state index in [4.69, 9.17) is 21.3 Å². The monoisotopic (exact) mass is 567 g/mol. The normalized spacial score (nSPS) is 14.8. The van der Waals surface area contributed by atoms with E-state index in [0.29, 0.717) is 5.02 Å². The van der Waals surface area contributed by atoms with Gasteiger partial charge in [-0.15, -0.1) is 11.8 Å². The van der Waals surface area contributed by atoms with Crippen molar-refractivity contribution >= 4 is 58.0 Å². The number of pyridine rings is 1. The maximum atomic E-state index is 11.7. The number of aryl methyl sites for hydroxylation is 1. The summed E-state index contributed by atoms with van der Waals surface area (Å²) in [6.45, 7) is 7.75. The van der Waals surface area contributed by atoms with Gasteiger partial charge in [0.05, 0.1) is 11.2 Å². The molecule has 1 aliphatic carbocycles. The first-order chi connectivity index (χ1) is 19.3. The number of aromatic nitrogens is 1. The third kappa shape index (κ3) is 7.24. The van der Waals surface area contributed by atoms with Gasteiger partial charge in [0.25, 0.3) is 0 Å². The fraction of sp³-hybridized carbons (Fsp3) is 0.257. The summed E-state index contributed by atoms with van der Waals surface area (Å²) in [6, 6.07) is 27.1. The first-order valence-corrected chi connectivity index (χ1v) is 15.1. The zero-order valence-electron chi connectivity index (χ0n) is 23.0. The lowest BCUT2D eigenvalue weighted by Gasteiger charge is -2.22. The Morgan fingerprint density at radius 3 is 2.62 bits per heavy atom. The third-order valence-electron chi connectivity index (χ3n) is 7.27. The van der Waals surface area contributed by atoms with Crippen molar-refractivity contribution in [2.45, 2.75) is 50.4 Å². The van der Waals surface area contributed by atoms with Crippen molar-refractivity contribution in [1.29, 1.82) is 0 Å². The molecule has 1 heterocycles. The van der Waals surface area contributed by atoms with E-state index in [2.05, 4.69) is 74.2 Å². The summed E-state index contributed by atoms with van der Waals surface area (Å²) < 4.78 is 5.70. The molecule has 3 nitrogen and oxygen atoms in total. The van der Waals surface area contributed by atoms with Gasteiger partial charge in [0.2, 0.25) is 0 Å². The van der Waals surface area contributed by atoms with Crippen LogP contribution in [0.5, 0.6) is 0 Å². The lowest BCUT2D eigenvalue weighted by atomic mass is 9.96. The van der Waals surface area contributed by atoms with Gasteiger partial charge in [0, 0.05) is 28.3 Å². The number of esters is 1. The third-order valence-corrected chi connectivity index (χ3v) is 9.11. The standard InChI is InChI=1S/C35H34ClNO2S/c1-24(2)32-10-5-4-8-27(32)14-18-34(40-23-35(19-20-35)39-25(3)38)29-9-6-7-26(21-29)11-16-31-17-13-28-12-15-30(36)22-33(28)37-31/h4-13,15-17,21-22,34H,1,14,18-20,23H2,2-3H3/b16-11+/t34-/m1/s1. The molecule has 1 saturated carbocycles. The first-order valence-electron chi connectivity index (χ1n) is 13.7. The molecule has 1 atom stereocenters. The lowest BCUT2D eigenvalue weighted by Crippen LogP contribution is -2.21. The minimum Gasteiger partial charge on any atom is -0.458 e. The second-order valence-electron chi connectivity index (χ2n) is 10.6. The minimum absolute atomic E-state index is 0.193. The summed E-state index contributed by atoms with van der Waals surface area (Å²) >= 11 is 8.07. The Balaban J connectivity index is 1.36. The van der Waals surface area contributed by atoms with Crippen molar-refractivity contribution in [3.63, 3.8) is 0 Å². The predicted octanol–water partition coefficient (Wildman–Crippen LogP) is 9.59. The number of thioether (sulfide) groups is 1. The second-order valence-corrected chi connectivity index (χ2v) is 12.3. The van der Waals surface area contributed by atoms with Crippen molar-refractivity contribution in [2.24, 2.45) is 0 Å².